The van der Waals surface area contributed by atoms with E-state index in [4.69, 9.17) is 4.42 Å². The molecule has 124 valence electrons. The fraction of sp³-hybridized carbons (Fsp3) is 0.375. The minimum absolute atomic E-state index is 0.0130. The maximum atomic E-state index is 11.7. The summed E-state index contributed by atoms with van der Waals surface area (Å²) < 4.78 is 5.28. The predicted octanol–water partition coefficient (Wildman–Crippen LogP) is 1.87. The normalized spacial score (nSPS) is 11.3. The van der Waals surface area contributed by atoms with Crippen molar-refractivity contribution >= 4 is 23.2 Å². The van der Waals surface area contributed by atoms with Gasteiger partial charge < -0.3 is 20.4 Å². The Morgan fingerprint density at radius 1 is 1.17 bits per heavy atom. The lowest BCUT2D eigenvalue weighted by Gasteiger charge is -2.11. The molecule has 2 heterocycles. The highest BCUT2D eigenvalue weighted by Gasteiger charge is 2.04. The second kappa shape index (κ2) is 9.68. The van der Waals surface area contributed by atoms with E-state index in [0.717, 1.165) is 42.5 Å². The van der Waals surface area contributed by atoms with Gasteiger partial charge in [-0.25, -0.2) is 0 Å². The van der Waals surface area contributed by atoms with Crippen LogP contribution >= 0.6 is 11.3 Å². The second-order valence-corrected chi connectivity index (χ2v) is 5.79. The third-order valence-electron chi connectivity index (χ3n) is 3.14. The number of aliphatic imine (C=N–C) groups is 1. The zero-order valence-electron chi connectivity index (χ0n) is 13.2. The summed E-state index contributed by atoms with van der Waals surface area (Å²) in [7, 11) is 1.74. The molecule has 6 nitrogen and oxygen atoms in total. The fourth-order valence-corrected chi connectivity index (χ4v) is 2.61. The first-order valence-electron chi connectivity index (χ1n) is 7.58. The van der Waals surface area contributed by atoms with Crippen molar-refractivity contribution in [2.75, 3.05) is 26.7 Å². The molecule has 2 aromatic heterocycles. The molecule has 0 fully saturated rings. The Bertz CT molecular complexity index is 594. The van der Waals surface area contributed by atoms with Crippen LogP contribution in [0, 0.1) is 0 Å². The molecule has 0 unspecified atom stereocenters. The fourth-order valence-electron chi connectivity index (χ4n) is 1.97. The smallest absolute Gasteiger partial charge is 0.261 e. The van der Waals surface area contributed by atoms with Crippen LogP contribution in [0.25, 0.3) is 0 Å². The van der Waals surface area contributed by atoms with Gasteiger partial charge in [-0.3, -0.25) is 9.79 Å². The highest BCUT2D eigenvalue weighted by molar-refractivity contribution is 7.12. The van der Waals surface area contributed by atoms with Crippen LogP contribution in [0.15, 0.2) is 45.3 Å². The molecular weight excluding hydrogens is 312 g/mol. The molecule has 2 rings (SSSR count). The maximum absolute atomic E-state index is 11.7. The maximum Gasteiger partial charge on any atom is 0.261 e. The highest BCUT2D eigenvalue weighted by Crippen LogP contribution is 2.07. The van der Waals surface area contributed by atoms with Crippen molar-refractivity contribution in [2.45, 2.75) is 12.8 Å². The second-order valence-electron chi connectivity index (χ2n) is 4.84. The van der Waals surface area contributed by atoms with Crippen LogP contribution in [0.5, 0.6) is 0 Å². The standard InChI is InChI=1S/C16H22N4O2S/c1-17-16(20-10-7-13-5-2-11-22-13)19-9-4-8-18-15(21)14-6-3-12-23-14/h2-3,5-6,11-12H,4,7-10H2,1H3,(H,18,21)(H2,17,19,20). The van der Waals surface area contributed by atoms with E-state index in [-0.39, 0.29) is 5.91 Å². The number of hydrogen-bond donors (Lipinski definition) is 3. The number of carbonyl (C=O) groups is 1. The van der Waals surface area contributed by atoms with Crippen LogP contribution in [-0.4, -0.2) is 38.5 Å². The third kappa shape index (κ3) is 6.15. The Labute approximate surface area is 140 Å². The molecule has 0 aliphatic rings. The first kappa shape index (κ1) is 17.1. The third-order valence-corrected chi connectivity index (χ3v) is 4.01. The van der Waals surface area contributed by atoms with E-state index in [1.807, 2.05) is 29.6 Å². The van der Waals surface area contributed by atoms with Crippen LogP contribution in [0.1, 0.15) is 21.9 Å². The molecule has 0 radical (unpaired) electrons. The van der Waals surface area contributed by atoms with Crippen molar-refractivity contribution < 1.29 is 9.21 Å². The molecule has 3 N–H and O–H groups in total. The molecule has 0 spiro atoms. The van der Waals surface area contributed by atoms with Gasteiger partial charge in [0.2, 0.25) is 0 Å². The summed E-state index contributed by atoms with van der Waals surface area (Å²) in [6.45, 7) is 2.13. The van der Waals surface area contributed by atoms with E-state index in [1.54, 1.807) is 13.3 Å². The van der Waals surface area contributed by atoms with Crippen LogP contribution < -0.4 is 16.0 Å². The summed E-state index contributed by atoms with van der Waals surface area (Å²) >= 11 is 1.45. The van der Waals surface area contributed by atoms with Crippen LogP contribution in [0.3, 0.4) is 0 Å². The van der Waals surface area contributed by atoms with Crippen LogP contribution in [0.2, 0.25) is 0 Å². The minimum atomic E-state index is -0.0130. The van der Waals surface area contributed by atoms with E-state index >= 15 is 0 Å². The summed E-state index contributed by atoms with van der Waals surface area (Å²) in [6.07, 6.45) is 3.31. The van der Waals surface area contributed by atoms with Gasteiger partial charge in [0.05, 0.1) is 11.1 Å². The van der Waals surface area contributed by atoms with Gasteiger partial charge in [-0.2, -0.15) is 0 Å². The van der Waals surface area contributed by atoms with E-state index in [0.29, 0.717) is 6.54 Å². The van der Waals surface area contributed by atoms with Crippen molar-refractivity contribution in [1.82, 2.24) is 16.0 Å². The largest absolute Gasteiger partial charge is 0.469 e. The topological polar surface area (TPSA) is 78.7 Å². The summed E-state index contributed by atoms with van der Waals surface area (Å²) in [5.41, 5.74) is 0. The highest BCUT2D eigenvalue weighted by atomic mass is 32.1. The van der Waals surface area contributed by atoms with Gasteiger partial charge in [-0.15, -0.1) is 11.3 Å². The SMILES string of the molecule is CN=C(NCCCNC(=O)c1cccs1)NCCc1ccco1. The van der Waals surface area contributed by atoms with E-state index in [9.17, 15) is 4.79 Å². The summed E-state index contributed by atoms with van der Waals surface area (Å²) in [5.74, 6) is 1.69. The van der Waals surface area contributed by atoms with Gasteiger partial charge in [0.1, 0.15) is 5.76 Å². The lowest BCUT2D eigenvalue weighted by Crippen LogP contribution is -2.39. The average Bonchev–Trinajstić information content (AvgIpc) is 3.26. The Kier molecular flexibility index (Phi) is 7.19. The molecule has 2 aromatic rings. The Morgan fingerprint density at radius 2 is 2.00 bits per heavy atom. The number of amides is 1. The van der Waals surface area contributed by atoms with Gasteiger partial charge in [0.25, 0.3) is 5.91 Å². The van der Waals surface area contributed by atoms with Crippen molar-refractivity contribution in [3.05, 3.63) is 46.5 Å². The molecule has 0 aliphatic carbocycles. The van der Waals surface area contributed by atoms with Gasteiger partial charge in [0.15, 0.2) is 5.96 Å². The molecule has 0 saturated heterocycles. The number of guanidine groups is 1. The first-order chi connectivity index (χ1) is 11.3. The molecule has 0 aromatic carbocycles. The zero-order valence-corrected chi connectivity index (χ0v) is 14.0. The summed E-state index contributed by atoms with van der Waals surface area (Å²) in [5, 5.41) is 11.2. The first-order valence-corrected chi connectivity index (χ1v) is 8.46. The predicted molar refractivity (Wildman–Crippen MR) is 93.0 cm³/mol. The minimum Gasteiger partial charge on any atom is -0.469 e. The number of hydrogen-bond acceptors (Lipinski definition) is 4. The number of nitrogens with zero attached hydrogens (tertiary/aromatic N) is 1. The lowest BCUT2D eigenvalue weighted by molar-refractivity contribution is 0.0957. The number of furan rings is 1. The molecule has 1 amide bonds. The lowest BCUT2D eigenvalue weighted by atomic mass is 10.3. The molecule has 0 aliphatic heterocycles. The summed E-state index contributed by atoms with van der Waals surface area (Å²) in [4.78, 5) is 16.6. The summed E-state index contributed by atoms with van der Waals surface area (Å²) in [6, 6.07) is 7.53. The van der Waals surface area contributed by atoms with Crippen molar-refractivity contribution in [3.8, 4) is 0 Å². The average molecular weight is 334 g/mol. The molecule has 7 heteroatoms. The van der Waals surface area contributed by atoms with Crippen molar-refractivity contribution in [3.63, 3.8) is 0 Å². The van der Waals surface area contributed by atoms with Gasteiger partial charge >= 0.3 is 0 Å². The molecule has 0 atom stereocenters. The quantitative estimate of drug-likeness (QED) is 0.391. The Balaban J connectivity index is 1.54. The molecule has 23 heavy (non-hydrogen) atoms. The van der Waals surface area contributed by atoms with E-state index in [2.05, 4.69) is 20.9 Å². The molecule has 0 bridgehead atoms. The number of rotatable bonds is 8. The van der Waals surface area contributed by atoms with Crippen molar-refractivity contribution in [2.24, 2.45) is 4.99 Å². The van der Waals surface area contributed by atoms with Crippen molar-refractivity contribution in [1.29, 1.82) is 0 Å². The van der Waals surface area contributed by atoms with E-state index in [1.165, 1.54) is 11.3 Å². The molecule has 0 saturated carbocycles. The van der Waals surface area contributed by atoms with E-state index < -0.39 is 0 Å². The van der Waals surface area contributed by atoms with Gasteiger partial charge in [0, 0.05) is 33.1 Å². The van der Waals surface area contributed by atoms with Gasteiger partial charge in [-0.1, -0.05) is 6.07 Å². The van der Waals surface area contributed by atoms with Crippen LogP contribution in [-0.2, 0) is 6.42 Å². The number of carbonyl (C=O) groups excluding carboxylic acids is 1. The van der Waals surface area contributed by atoms with Crippen LogP contribution in [0.4, 0.5) is 0 Å². The zero-order chi connectivity index (χ0) is 16.3. The monoisotopic (exact) mass is 334 g/mol. The Morgan fingerprint density at radius 3 is 2.70 bits per heavy atom. The van der Waals surface area contributed by atoms with Gasteiger partial charge in [-0.05, 0) is 30.0 Å². The number of thiophene rings is 1. The molecular formula is C16H22N4O2S. The number of nitrogens with one attached hydrogen (secondary N) is 3. The Hall–Kier alpha value is -2.28.